The number of unbranched alkanes of at least 4 members (excludes halogenated alkanes) is 20. The summed E-state index contributed by atoms with van der Waals surface area (Å²) >= 11 is 0. The Hall–Kier alpha value is -2.87. The molecule has 0 saturated carbocycles. The second-order valence-electron chi connectivity index (χ2n) is 13.5. The van der Waals surface area contributed by atoms with Crippen LogP contribution in [0.5, 0.6) is 5.75 Å². The number of hydrogen-bond donors (Lipinski definition) is 0. The third-order valence-electron chi connectivity index (χ3n) is 8.88. The highest BCUT2D eigenvalue weighted by molar-refractivity contribution is 5.81. The molecule has 0 bridgehead atoms. The van der Waals surface area contributed by atoms with Crippen LogP contribution in [-0.2, 0) is 39.9 Å². The van der Waals surface area contributed by atoms with Crippen molar-refractivity contribution in [3.05, 3.63) is 42.5 Å². The molecule has 8 heteroatoms. The van der Waals surface area contributed by atoms with Gasteiger partial charge in [-0.25, -0.2) is 4.79 Å². The molecule has 0 aliphatic carbocycles. The van der Waals surface area contributed by atoms with Crippen LogP contribution in [0.4, 0.5) is 0 Å². The maximum Gasteiger partial charge on any atom is 0.330 e. The van der Waals surface area contributed by atoms with Crippen molar-refractivity contribution in [2.24, 2.45) is 0 Å². The van der Waals surface area contributed by atoms with Crippen LogP contribution >= 0.6 is 0 Å². The maximum atomic E-state index is 12.7. The van der Waals surface area contributed by atoms with Crippen LogP contribution in [0.2, 0.25) is 0 Å². The van der Waals surface area contributed by atoms with E-state index >= 15 is 0 Å². The van der Waals surface area contributed by atoms with Crippen molar-refractivity contribution in [3.8, 4) is 5.75 Å². The van der Waals surface area contributed by atoms with Crippen molar-refractivity contribution >= 4 is 17.9 Å². The van der Waals surface area contributed by atoms with Gasteiger partial charge in [-0.2, -0.15) is 0 Å². The number of benzene rings is 1. The van der Waals surface area contributed by atoms with Crippen molar-refractivity contribution in [1.82, 2.24) is 0 Å². The molecule has 1 atom stereocenters. The normalized spacial score (nSPS) is 11.6. The standard InChI is InChI=1S/C42H70O8/c1-4-6-7-8-9-10-11-12-13-15-18-21-24-27-41(44)49-36-39(35-47-34-37-29-31-38(46-3)32-30-37)50-42(45)28-25-22-19-16-14-17-20-23-26-33-48-40(43)5-2/h5,29-32,39H,2,4,6-28,33-36H2,1,3H3. The molecule has 1 aromatic rings. The van der Waals surface area contributed by atoms with Gasteiger partial charge in [0.2, 0.25) is 0 Å². The van der Waals surface area contributed by atoms with E-state index in [1.165, 1.54) is 70.3 Å². The van der Waals surface area contributed by atoms with Gasteiger partial charge in [0, 0.05) is 18.9 Å². The van der Waals surface area contributed by atoms with E-state index in [0.29, 0.717) is 26.1 Å². The Labute approximate surface area is 304 Å². The summed E-state index contributed by atoms with van der Waals surface area (Å²) < 4.78 is 27.3. The van der Waals surface area contributed by atoms with Gasteiger partial charge in [0.15, 0.2) is 6.10 Å². The molecule has 1 rings (SSSR count). The Morgan fingerprint density at radius 3 is 1.60 bits per heavy atom. The first-order valence-electron chi connectivity index (χ1n) is 19.8. The van der Waals surface area contributed by atoms with Gasteiger partial charge in [-0.1, -0.05) is 148 Å². The third kappa shape index (κ3) is 27.9. The van der Waals surface area contributed by atoms with Gasteiger partial charge in [0.05, 0.1) is 26.9 Å². The van der Waals surface area contributed by atoms with Crippen LogP contribution in [0, 0.1) is 0 Å². The first-order valence-corrected chi connectivity index (χ1v) is 19.8. The smallest absolute Gasteiger partial charge is 0.330 e. The van der Waals surface area contributed by atoms with Crippen molar-refractivity contribution in [1.29, 1.82) is 0 Å². The average molecular weight is 703 g/mol. The Morgan fingerprint density at radius 1 is 0.620 bits per heavy atom. The fourth-order valence-corrected chi connectivity index (χ4v) is 5.78. The lowest BCUT2D eigenvalue weighted by molar-refractivity contribution is -0.163. The van der Waals surface area contributed by atoms with E-state index in [2.05, 4.69) is 13.5 Å². The van der Waals surface area contributed by atoms with Gasteiger partial charge in [-0.15, -0.1) is 0 Å². The molecule has 0 amide bonds. The quantitative estimate of drug-likeness (QED) is 0.0298. The Morgan fingerprint density at radius 2 is 1.10 bits per heavy atom. The molecule has 1 aromatic carbocycles. The summed E-state index contributed by atoms with van der Waals surface area (Å²) in [6.07, 6.45) is 27.0. The van der Waals surface area contributed by atoms with Crippen LogP contribution in [0.1, 0.15) is 167 Å². The molecule has 0 aliphatic heterocycles. The molecule has 0 heterocycles. The van der Waals surface area contributed by atoms with Gasteiger partial charge < -0.3 is 23.7 Å². The van der Waals surface area contributed by atoms with E-state index in [9.17, 15) is 14.4 Å². The summed E-state index contributed by atoms with van der Waals surface area (Å²) in [5, 5.41) is 0. The van der Waals surface area contributed by atoms with Gasteiger partial charge >= 0.3 is 17.9 Å². The van der Waals surface area contributed by atoms with E-state index < -0.39 is 6.10 Å². The second-order valence-corrected chi connectivity index (χ2v) is 13.5. The molecule has 0 spiro atoms. The molecule has 0 N–H and O–H groups in total. The summed E-state index contributed by atoms with van der Waals surface area (Å²) in [4.78, 5) is 36.2. The van der Waals surface area contributed by atoms with Gasteiger partial charge in [0.25, 0.3) is 0 Å². The minimum absolute atomic E-state index is 0.00230. The van der Waals surface area contributed by atoms with E-state index in [1.807, 2.05) is 24.3 Å². The molecular formula is C42H70O8. The molecule has 1 unspecified atom stereocenters. The molecule has 286 valence electrons. The highest BCUT2D eigenvalue weighted by Crippen LogP contribution is 2.15. The first-order chi connectivity index (χ1) is 24.5. The summed E-state index contributed by atoms with van der Waals surface area (Å²) in [7, 11) is 1.63. The SMILES string of the molecule is C=CC(=O)OCCCCCCCCCCCC(=O)OC(COCc1ccc(OC)cc1)COC(=O)CCCCCCCCCCCCCCC. The monoisotopic (exact) mass is 703 g/mol. The van der Waals surface area contributed by atoms with E-state index in [4.69, 9.17) is 23.7 Å². The molecule has 0 aromatic heterocycles. The number of ether oxygens (including phenoxy) is 5. The zero-order chi connectivity index (χ0) is 36.3. The molecule has 50 heavy (non-hydrogen) atoms. The van der Waals surface area contributed by atoms with Crippen LogP contribution in [0.3, 0.4) is 0 Å². The van der Waals surface area contributed by atoms with Crippen LogP contribution in [0.25, 0.3) is 0 Å². The first kappa shape index (κ1) is 45.2. The van der Waals surface area contributed by atoms with E-state index in [0.717, 1.165) is 88.4 Å². The number of carbonyl (C=O) groups excluding carboxylic acids is 3. The number of methoxy groups -OCH3 is 1. The van der Waals surface area contributed by atoms with Crippen LogP contribution < -0.4 is 4.74 Å². The van der Waals surface area contributed by atoms with Gasteiger partial charge in [-0.05, 0) is 37.0 Å². The van der Waals surface area contributed by atoms with E-state index in [1.54, 1.807) is 7.11 Å². The maximum absolute atomic E-state index is 12.7. The summed E-state index contributed by atoms with van der Waals surface area (Å²) in [6, 6.07) is 7.61. The Kier molecular flexibility index (Phi) is 30.1. The van der Waals surface area contributed by atoms with Crippen LogP contribution in [-0.4, -0.2) is 50.9 Å². The molecular weight excluding hydrogens is 632 g/mol. The average Bonchev–Trinajstić information content (AvgIpc) is 3.13. The number of esters is 3. The second kappa shape index (κ2) is 33.3. The fourth-order valence-electron chi connectivity index (χ4n) is 5.78. The lowest BCUT2D eigenvalue weighted by Gasteiger charge is -2.18. The molecule has 0 fully saturated rings. The van der Waals surface area contributed by atoms with Crippen molar-refractivity contribution < 1.29 is 38.1 Å². The highest BCUT2D eigenvalue weighted by atomic mass is 16.6. The minimum Gasteiger partial charge on any atom is -0.497 e. The number of carbonyl (C=O) groups is 3. The predicted molar refractivity (Wildman–Crippen MR) is 201 cm³/mol. The molecule has 0 radical (unpaired) electrons. The van der Waals surface area contributed by atoms with Crippen molar-refractivity contribution in [3.63, 3.8) is 0 Å². The van der Waals surface area contributed by atoms with Crippen molar-refractivity contribution in [2.75, 3.05) is 26.9 Å². The third-order valence-corrected chi connectivity index (χ3v) is 8.88. The fraction of sp³-hybridized carbons (Fsp3) is 0.738. The van der Waals surface area contributed by atoms with Crippen molar-refractivity contribution in [2.45, 2.75) is 174 Å². The molecule has 8 nitrogen and oxygen atoms in total. The summed E-state index contributed by atoms with van der Waals surface area (Å²) in [6.45, 7) is 6.62. The molecule has 0 saturated heterocycles. The topological polar surface area (TPSA) is 97.4 Å². The van der Waals surface area contributed by atoms with Crippen LogP contribution in [0.15, 0.2) is 36.9 Å². The number of hydrogen-bond acceptors (Lipinski definition) is 8. The Balaban J connectivity index is 2.25. The Bertz CT molecular complexity index is 976. The highest BCUT2D eigenvalue weighted by Gasteiger charge is 2.18. The zero-order valence-electron chi connectivity index (χ0n) is 31.7. The lowest BCUT2D eigenvalue weighted by Crippen LogP contribution is -2.29. The predicted octanol–water partition coefficient (Wildman–Crippen LogP) is 10.8. The summed E-state index contributed by atoms with van der Waals surface area (Å²) in [5.41, 5.74) is 0.976. The summed E-state index contributed by atoms with van der Waals surface area (Å²) in [5.74, 6) is -0.119. The molecule has 0 aliphatic rings. The van der Waals surface area contributed by atoms with E-state index in [-0.39, 0.29) is 31.1 Å². The minimum atomic E-state index is -0.642. The van der Waals surface area contributed by atoms with Gasteiger partial charge in [0.1, 0.15) is 12.4 Å². The van der Waals surface area contributed by atoms with Gasteiger partial charge in [-0.3, -0.25) is 9.59 Å². The largest absolute Gasteiger partial charge is 0.497 e. The zero-order valence-corrected chi connectivity index (χ0v) is 31.7. The lowest BCUT2D eigenvalue weighted by atomic mass is 10.0. The number of rotatable bonds is 35.